The molecule has 1 saturated heterocycles. The van der Waals surface area contributed by atoms with Gasteiger partial charge in [-0.25, -0.2) is 4.98 Å². The maximum Gasteiger partial charge on any atom is 0.261 e. The molecule has 1 N–H and O–H groups in total. The number of hydrogen-bond acceptors (Lipinski definition) is 5. The van der Waals surface area contributed by atoms with E-state index in [1.807, 2.05) is 12.1 Å². The monoisotopic (exact) mass is 305 g/mol. The van der Waals surface area contributed by atoms with Gasteiger partial charge in [0.1, 0.15) is 9.71 Å². The van der Waals surface area contributed by atoms with E-state index in [0.717, 1.165) is 35.4 Å². The van der Waals surface area contributed by atoms with Crippen LogP contribution in [0.3, 0.4) is 0 Å². The molecular weight excluding hydrogens is 286 g/mol. The zero-order chi connectivity index (χ0) is 14.8. The van der Waals surface area contributed by atoms with Gasteiger partial charge in [0.05, 0.1) is 12.7 Å². The molecule has 21 heavy (non-hydrogen) atoms. The van der Waals surface area contributed by atoms with E-state index in [9.17, 15) is 4.79 Å². The van der Waals surface area contributed by atoms with Crippen LogP contribution in [0.2, 0.25) is 0 Å². The van der Waals surface area contributed by atoms with Gasteiger partial charge in [-0.15, -0.1) is 11.3 Å². The summed E-state index contributed by atoms with van der Waals surface area (Å²) in [6, 6.07) is 3.93. The fourth-order valence-electron chi connectivity index (χ4n) is 2.72. The van der Waals surface area contributed by atoms with E-state index in [0.29, 0.717) is 11.5 Å². The standard InChI is InChI=1S/C15H19N3O2S/c1-3-18-7-8-20-11(9-18)12-10-5-4-6-17-15(10)21-13(12)14(19)16-2/h4-6,11H,3,7-9H2,1-2H3,(H,16,19). The SMILES string of the molecule is CCN1CCOC(c2c(C(=O)NC)sc3ncccc23)C1. The Hall–Kier alpha value is -1.50. The minimum absolute atomic E-state index is 0.0646. The number of carbonyl (C=O) groups is 1. The number of morpholine rings is 1. The molecular formula is C15H19N3O2S. The first kappa shape index (κ1) is 14.4. The van der Waals surface area contributed by atoms with Gasteiger partial charge in [-0.2, -0.15) is 0 Å². The maximum absolute atomic E-state index is 12.2. The minimum Gasteiger partial charge on any atom is -0.371 e. The molecule has 1 atom stereocenters. The molecule has 1 unspecified atom stereocenters. The lowest BCUT2D eigenvalue weighted by Gasteiger charge is -2.32. The molecule has 0 saturated carbocycles. The number of aromatic nitrogens is 1. The zero-order valence-electron chi connectivity index (χ0n) is 12.3. The highest BCUT2D eigenvalue weighted by molar-refractivity contribution is 7.20. The molecule has 0 aromatic carbocycles. The van der Waals surface area contributed by atoms with Crippen LogP contribution in [0, 0.1) is 0 Å². The van der Waals surface area contributed by atoms with Crippen LogP contribution in [-0.2, 0) is 4.74 Å². The summed E-state index contributed by atoms with van der Waals surface area (Å²) in [6.07, 6.45) is 1.69. The normalized spacial score (nSPS) is 19.8. The second-order valence-electron chi connectivity index (χ2n) is 5.03. The number of nitrogens with one attached hydrogen (secondary N) is 1. The van der Waals surface area contributed by atoms with Crippen molar-refractivity contribution in [3.8, 4) is 0 Å². The van der Waals surface area contributed by atoms with Gasteiger partial charge in [-0.05, 0) is 12.6 Å². The number of likely N-dealkylation sites (N-methyl/N-ethyl adjacent to an activating group) is 1. The molecule has 0 spiro atoms. The number of hydrogen-bond donors (Lipinski definition) is 1. The number of pyridine rings is 1. The highest BCUT2D eigenvalue weighted by Crippen LogP contribution is 2.37. The Balaban J connectivity index is 2.08. The van der Waals surface area contributed by atoms with Crippen molar-refractivity contribution in [3.05, 3.63) is 28.8 Å². The molecule has 0 bridgehead atoms. The predicted molar refractivity (Wildman–Crippen MR) is 83.8 cm³/mol. The molecule has 3 heterocycles. The summed E-state index contributed by atoms with van der Waals surface area (Å²) in [7, 11) is 1.66. The molecule has 2 aromatic heterocycles. The van der Waals surface area contributed by atoms with Gasteiger partial charge >= 0.3 is 0 Å². The number of fused-ring (bicyclic) bond motifs is 1. The van der Waals surface area contributed by atoms with Gasteiger partial charge < -0.3 is 10.1 Å². The van der Waals surface area contributed by atoms with E-state index in [-0.39, 0.29) is 12.0 Å². The lowest BCUT2D eigenvalue weighted by atomic mass is 10.0. The molecule has 5 nitrogen and oxygen atoms in total. The summed E-state index contributed by atoms with van der Waals surface area (Å²) < 4.78 is 5.96. The molecule has 0 radical (unpaired) electrons. The molecule has 1 aliphatic heterocycles. The topological polar surface area (TPSA) is 54.5 Å². The van der Waals surface area contributed by atoms with Crippen molar-refractivity contribution in [3.63, 3.8) is 0 Å². The highest BCUT2D eigenvalue weighted by atomic mass is 32.1. The third-order valence-electron chi connectivity index (χ3n) is 3.86. The Bertz CT molecular complexity index is 655. The molecule has 6 heteroatoms. The van der Waals surface area contributed by atoms with Crippen LogP contribution in [0.15, 0.2) is 18.3 Å². The fourth-order valence-corrected chi connectivity index (χ4v) is 3.86. The maximum atomic E-state index is 12.2. The number of amides is 1. The summed E-state index contributed by atoms with van der Waals surface area (Å²) in [6.45, 7) is 5.61. The number of carbonyl (C=O) groups excluding carboxylic acids is 1. The van der Waals surface area contributed by atoms with E-state index in [2.05, 4.69) is 22.1 Å². The van der Waals surface area contributed by atoms with Crippen LogP contribution in [0.5, 0.6) is 0 Å². The van der Waals surface area contributed by atoms with E-state index in [1.54, 1.807) is 13.2 Å². The van der Waals surface area contributed by atoms with E-state index < -0.39 is 0 Å². The van der Waals surface area contributed by atoms with Crippen LogP contribution < -0.4 is 5.32 Å². The van der Waals surface area contributed by atoms with Gasteiger partial charge in [-0.1, -0.05) is 13.0 Å². The zero-order valence-corrected chi connectivity index (χ0v) is 13.1. The summed E-state index contributed by atoms with van der Waals surface area (Å²) in [5, 5.41) is 3.75. The first-order chi connectivity index (χ1) is 10.2. The van der Waals surface area contributed by atoms with E-state index >= 15 is 0 Å². The van der Waals surface area contributed by atoms with Gasteiger partial charge in [-0.3, -0.25) is 9.69 Å². The first-order valence-corrected chi connectivity index (χ1v) is 7.99. The highest BCUT2D eigenvalue weighted by Gasteiger charge is 2.29. The Morgan fingerprint density at radius 3 is 3.24 bits per heavy atom. The van der Waals surface area contributed by atoms with Crippen molar-refractivity contribution >= 4 is 27.5 Å². The summed E-state index contributed by atoms with van der Waals surface area (Å²) in [4.78, 5) is 20.5. The van der Waals surface area contributed by atoms with Crippen LogP contribution >= 0.6 is 11.3 Å². The molecule has 3 rings (SSSR count). The quantitative estimate of drug-likeness (QED) is 0.943. The predicted octanol–water partition coefficient (Wildman–Crippen LogP) is 2.05. The Morgan fingerprint density at radius 2 is 2.48 bits per heavy atom. The first-order valence-electron chi connectivity index (χ1n) is 7.18. The van der Waals surface area contributed by atoms with Crippen molar-refractivity contribution < 1.29 is 9.53 Å². The van der Waals surface area contributed by atoms with Gasteiger partial charge in [0, 0.05) is 37.3 Å². The third-order valence-corrected chi connectivity index (χ3v) is 4.99. The number of nitrogens with zero attached hydrogens (tertiary/aromatic N) is 2. The second-order valence-corrected chi connectivity index (χ2v) is 6.03. The summed E-state index contributed by atoms with van der Waals surface area (Å²) >= 11 is 1.44. The number of ether oxygens (including phenoxy) is 1. The largest absolute Gasteiger partial charge is 0.371 e. The van der Waals surface area contributed by atoms with E-state index in [4.69, 9.17) is 4.74 Å². The van der Waals surface area contributed by atoms with E-state index in [1.165, 1.54) is 11.3 Å². The third kappa shape index (κ3) is 2.66. The lowest BCUT2D eigenvalue weighted by Crippen LogP contribution is -2.38. The summed E-state index contributed by atoms with van der Waals surface area (Å²) in [5.74, 6) is -0.0646. The van der Waals surface area contributed by atoms with Crippen molar-refractivity contribution in [2.75, 3.05) is 33.3 Å². The smallest absolute Gasteiger partial charge is 0.261 e. The van der Waals surface area contributed by atoms with Crippen molar-refractivity contribution in [1.29, 1.82) is 0 Å². The average Bonchev–Trinajstić information content (AvgIpc) is 2.93. The van der Waals surface area contributed by atoms with Gasteiger partial charge in [0.15, 0.2) is 0 Å². The van der Waals surface area contributed by atoms with Gasteiger partial charge in [0.25, 0.3) is 5.91 Å². The van der Waals surface area contributed by atoms with Gasteiger partial charge in [0.2, 0.25) is 0 Å². The van der Waals surface area contributed by atoms with Crippen LogP contribution in [0.25, 0.3) is 10.2 Å². The van der Waals surface area contributed by atoms with Crippen molar-refractivity contribution in [2.24, 2.45) is 0 Å². The second kappa shape index (κ2) is 6.09. The van der Waals surface area contributed by atoms with Crippen LogP contribution in [0.1, 0.15) is 28.3 Å². The summed E-state index contributed by atoms with van der Waals surface area (Å²) in [5.41, 5.74) is 0.987. The average molecular weight is 305 g/mol. The molecule has 1 aliphatic rings. The Morgan fingerprint density at radius 1 is 1.62 bits per heavy atom. The molecule has 1 amide bonds. The van der Waals surface area contributed by atoms with Crippen LogP contribution in [-0.4, -0.2) is 49.1 Å². The molecule has 0 aliphatic carbocycles. The van der Waals surface area contributed by atoms with Crippen LogP contribution in [0.4, 0.5) is 0 Å². The fraction of sp³-hybridized carbons (Fsp3) is 0.467. The number of thiophene rings is 1. The van der Waals surface area contributed by atoms with Crippen molar-refractivity contribution in [2.45, 2.75) is 13.0 Å². The minimum atomic E-state index is -0.0658. The lowest BCUT2D eigenvalue weighted by molar-refractivity contribution is -0.0275. The number of rotatable bonds is 3. The van der Waals surface area contributed by atoms with Crippen molar-refractivity contribution in [1.82, 2.24) is 15.2 Å². The molecule has 2 aromatic rings. The Kier molecular flexibility index (Phi) is 4.19. The molecule has 112 valence electrons. The molecule has 1 fully saturated rings. The Labute approximate surface area is 127 Å².